The summed E-state index contributed by atoms with van der Waals surface area (Å²) in [6, 6.07) is 68.7. The molecule has 0 radical (unpaired) electrons. The summed E-state index contributed by atoms with van der Waals surface area (Å²) in [5.41, 5.74) is 9.67. The van der Waals surface area contributed by atoms with Crippen LogP contribution in [0.1, 0.15) is 22.3 Å². The number of para-hydroxylation sites is 1. The molecule has 0 saturated heterocycles. The first-order valence-electron chi connectivity index (χ1n) is 17.6. The van der Waals surface area contributed by atoms with Crippen molar-refractivity contribution in [1.29, 1.82) is 0 Å². The van der Waals surface area contributed by atoms with Gasteiger partial charge in [-0.2, -0.15) is 0 Å². The molecule has 238 valence electrons. The highest BCUT2D eigenvalue weighted by Gasteiger charge is 2.45. The van der Waals surface area contributed by atoms with Crippen LogP contribution in [0.25, 0.3) is 54.3 Å². The third kappa shape index (κ3) is 3.93. The number of anilines is 3. The Morgan fingerprint density at radius 3 is 1.76 bits per heavy atom. The number of nitrogens with zero attached hydrogens (tertiary/aromatic N) is 1. The van der Waals surface area contributed by atoms with Crippen LogP contribution in [0.4, 0.5) is 17.1 Å². The smallest absolute Gasteiger partial charge is 0.137 e. The van der Waals surface area contributed by atoms with Crippen LogP contribution in [0.5, 0.6) is 0 Å². The van der Waals surface area contributed by atoms with E-state index in [1.54, 1.807) is 0 Å². The second-order valence-corrected chi connectivity index (χ2v) is 13.7. The molecule has 1 aromatic heterocycles. The number of fused-ring (bicyclic) bond motifs is 4. The Labute approximate surface area is 295 Å². The van der Waals surface area contributed by atoms with E-state index in [1.807, 2.05) is 12.1 Å². The predicted molar refractivity (Wildman–Crippen MR) is 213 cm³/mol. The lowest BCUT2D eigenvalue weighted by molar-refractivity contribution is 0.669. The van der Waals surface area contributed by atoms with Crippen molar-refractivity contribution in [3.63, 3.8) is 0 Å². The Kier molecular flexibility index (Phi) is 5.91. The molecule has 9 aromatic carbocycles. The zero-order valence-corrected chi connectivity index (χ0v) is 27.8. The highest BCUT2D eigenvalue weighted by Crippen LogP contribution is 2.56. The van der Waals surface area contributed by atoms with E-state index in [2.05, 4.69) is 181 Å². The summed E-state index contributed by atoms with van der Waals surface area (Å²) in [4.78, 5) is 2.40. The Hall–Kier alpha value is -6.64. The summed E-state index contributed by atoms with van der Waals surface area (Å²) in [6.07, 6.45) is 0. The third-order valence-electron chi connectivity index (χ3n) is 11.1. The summed E-state index contributed by atoms with van der Waals surface area (Å²) in [7, 11) is 0. The van der Waals surface area contributed by atoms with Gasteiger partial charge in [-0.1, -0.05) is 146 Å². The normalized spacial score (nSPS) is 13.3. The Bertz CT molecular complexity index is 2920. The molecule has 51 heavy (non-hydrogen) atoms. The summed E-state index contributed by atoms with van der Waals surface area (Å²) < 4.78 is 6.46. The predicted octanol–water partition coefficient (Wildman–Crippen LogP) is 13.2. The van der Waals surface area contributed by atoms with Crippen LogP contribution in [0, 0.1) is 0 Å². The van der Waals surface area contributed by atoms with Gasteiger partial charge < -0.3 is 9.32 Å². The monoisotopic (exact) mass is 649 g/mol. The lowest BCUT2D eigenvalue weighted by Gasteiger charge is -2.35. The van der Waals surface area contributed by atoms with Crippen LogP contribution in [0.2, 0.25) is 0 Å². The molecule has 11 rings (SSSR count). The van der Waals surface area contributed by atoms with E-state index in [9.17, 15) is 0 Å². The van der Waals surface area contributed by atoms with E-state index in [0.29, 0.717) is 0 Å². The van der Waals surface area contributed by atoms with Crippen LogP contribution in [0.3, 0.4) is 0 Å². The largest absolute Gasteiger partial charge is 0.456 e. The van der Waals surface area contributed by atoms with E-state index in [-0.39, 0.29) is 0 Å². The number of furan rings is 1. The van der Waals surface area contributed by atoms with Gasteiger partial charge in [-0.25, -0.2) is 0 Å². The standard InChI is InChI=1S/C49H31NO/c1-2-16-35(17-3-1)49(42-22-8-14-33-26-27-34-15-9-23-43(49)48(34)47(33)42)36-18-11-19-37(30-36)50(44-24-10-13-32-12-4-5-20-39(32)44)38-28-29-41-40-21-6-7-25-45(40)51-46(41)31-38/h1-31H. The Morgan fingerprint density at radius 2 is 0.961 bits per heavy atom. The third-order valence-corrected chi connectivity index (χ3v) is 11.1. The molecule has 0 saturated carbocycles. The second-order valence-electron chi connectivity index (χ2n) is 13.7. The number of hydrogen-bond acceptors (Lipinski definition) is 2. The quantitative estimate of drug-likeness (QED) is 0.173. The van der Waals surface area contributed by atoms with Gasteiger partial charge in [0.25, 0.3) is 0 Å². The minimum atomic E-state index is -0.507. The molecule has 0 fully saturated rings. The van der Waals surface area contributed by atoms with E-state index < -0.39 is 5.41 Å². The van der Waals surface area contributed by atoms with Crippen molar-refractivity contribution < 1.29 is 4.42 Å². The van der Waals surface area contributed by atoms with Gasteiger partial charge in [0.05, 0.1) is 11.1 Å². The van der Waals surface area contributed by atoms with E-state index in [0.717, 1.165) is 39.0 Å². The van der Waals surface area contributed by atoms with Crippen molar-refractivity contribution in [2.75, 3.05) is 4.90 Å². The van der Waals surface area contributed by atoms with Gasteiger partial charge in [0.2, 0.25) is 0 Å². The molecule has 0 unspecified atom stereocenters. The fraction of sp³-hybridized carbons (Fsp3) is 0.0204. The summed E-state index contributed by atoms with van der Waals surface area (Å²) in [6.45, 7) is 0. The van der Waals surface area contributed by atoms with Gasteiger partial charge in [0.1, 0.15) is 11.2 Å². The van der Waals surface area contributed by atoms with Crippen LogP contribution in [-0.4, -0.2) is 0 Å². The minimum absolute atomic E-state index is 0.507. The van der Waals surface area contributed by atoms with Crippen LogP contribution in [0.15, 0.2) is 192 Å². The molecule has 0 amide bonds. The molecular weight excluding hydrogens is 619 g/mol. The van der Waals surface area contributed by atoms with E-state index in [1.165, 1.54) is 54.6 Å². The highest BCUT2D eigenvalue weighted by atomic mass is 16.3. The molecule has 0 N–H and O–H groups in total. The van der Waals surface area contributed by atoms with E-state index >= 15 is 0 Å². The average molecular weight is 650 g/mol. The average Bonchev–Trinajstić information content (AvgIpc) is 3.72. The fourth-order valence-electron chi connectivity index (χ4n) is 8.97. The fourth-order valence-corrected chi connectivity index (χ4v) is 8.97. The first kappa shape index (κ1) is 28.2. The van der Waals surface area contributed by atoms with Crippen molar-refractivity contribution in [3.05, 3.63) is 210 Å². The molecule has 0 spiro atoms. The SMILES string of the molecule is c1ccc(C2(c3cccc(N(c4ccc5c(c4)oc4ccccc45)c4cccc5ccccc45)c3)c3cccc4ccc5cccc2c5c34)cc1. The molecule has 1 aliphatic carbocycles. The van der Waals surface area contributed by atoms with Gasteiger partial charge in [0.15, 0.2) is 0 Å². The molecule has 0 aliphatic heterocycles. The molecular formula is C49H31NO. The van der Waals surface area contributed by atoms with Crippen LogP contribution < -0.4 is 4.90 Å². The van der Waals surface area contributed by atoms with Gasteiger partial charge in [0, 0.05) is 33.6 Å². The lowest BCUT2D eigenvalue weighted by atomic mass is 9.67. The molecule has 2 nitrogen and oxygen atoms in total. The summed E-state index contributed by atoms with van der Waals surface area (Å²) in [5.74, 6) is 0. The maximum Gasteiger partial charge on any atom is 0.137 e. The molecule has 2 heteroatoms. The van der Waals surface area contributed by atoms with Crippen LogP contribution >= 0.6 is 0 Å². The zero-order chi connectivity index (χ0) is 33.5. The maximum absolute atomic E-state index is 6.46. The highest BCUT2D eigenvalue weighted by molar-refractivity contribution is 6.16. The topological polar surface area (TPSA) is 16.4 Å². The maximum atomic E-state index is 6.46. The van der Waals surface area contributed by atoms with Gasteiger partial charge in [-0.15, -0.1) is 0 Å². The van der Waals surface area contributed by atoms with Gasteiger partial charge in [-0.05, 0) is 85.6 Å². The van der Waals surface area contributed by atoms with Crippen molar-refractivity contribution in [2.24, 2.45) is 0 Å². The Morgan fingerprint density at radius 1 is 0.373 bits per heavy atom. The van der Waals surface area contributed by atoms with Crippen LogP contribution in [-0.2, 0) is 5.41 Å². The number of hydrogen-bond donors (Lipinski definition) is 0. The first-order valence-corrected chi connectivity index (χ1v) is 17.6. The van der Waals surface area contributed by atoms with Gasteiger partial charge >= 0.3 is 0 Å². The van der Waals surface area contributed by atoms with Gasteiger partial charge in [-0.3, -0.25) is 0 Å². The first-order chi connectivity index (χ1) is 25.3. The van der Waals surface area contributed by atoms with E-state index in [4.69, 9.17) is 4.42 Å². The zero-order valence-electron chi connectivity index (χ0n) is 27.8. The number of benzene rings is 9. The Balaban J connectivity index is 1.21. The number of rotatable bonds is 5. The second kappa shape index (κ2) is 10.7. The molecule has 1 heterocycles. The van der Waals surface area contributed by atoms with Crippen molar-refractivity contribution in [3.8, 4) is 0 Å². The summed E-state index contributed by atoms with van der Waals surface area (Å²) >= 11 is 0. The molecule has 1 aliphatic rings. The molecule has 10 aromatic rings. The lowest BCUT2D eigenvalue weighted by Crippen LogP contribution is -2.29. The molecule has 0 bridgehead atoms. The minimum Gasteiger partial charge on any atom is -0.456 e. The van der Waals surface area contributed by atoms with Crippen molar-refractivity contribution in [2.45, 2.75) is 5.41 Å². The molecule has 0 atom stereocenters. The van der Waals surface area contributed by atoms with Crippen molar-refractivity contribution >= 4 is 71.3 Å². The summed E-state index contributed by atoms with van der Waals surface area (Å²) in [5, 5.41) is 9.89. The van der Waals surface area contributed by atoms with Crippen molar-refractivity contribution in [1.82, 2.24) is 0 Å².